The Hall–Kier alpha value is -3.37. The Labute approximate surface area is 212 Å². The summed E-state index contributed by atoms with van der Waals surface area (Å²) in [6.45, 7) is 5.31. The van der Waals surface area contributed by atoms with Gasteiger partial charge in [0.05, 0.1) is 16.8 Å². The average molecular weight is 558 g/mol. The summed E-state index contributed by atoms with van der Waals surface area (Å²) in [7, 11) is -4.01. The smallest absolute Gasteiger partial charge is 0.264 e. The first-order valence-corrected chi connectivity index (χ1v) is 13.0. The van der Waals surface area contributed by atoms with Crippen LogP contribution in [0.4, 0.5) is 5.69 Å². The summed E-state index contributed by atoms with van der Waals surface area (Å²) in [5, 5.41) is 4.01. The lowest BCUT2D eigenvalue weighted by molar-refractivity contribution is -0.119. The summed E-state index contributed by atoms with van der Waals surface area (Å²) in [5.74, 6) is 0.600. The van der Waals surface area contributed by atoms with E-state index in [1.54, 1.807) is 30.3 Å². The van der Waals surface area contributed by atoms with Gasteiger partial charge in [-0.15, -0.1) is 0 Å². The normalized spacial score (nSPS) is 12.7. The Morgan fingerprint density at radius 3 is 2.37 bits per heavy atom. The van der Waals surface area contributed by atoms with Crippen LogP contribution in [0.15, 0.2) is 69.1 Å². The van der Waals surface area contributed by atoms with Gasteiger partial charge in [0.25, 0.3) is 15.9 Å². The number of aryl methyl sites for hydroxylation is 3. The van der Waals surface area contributed by atoms with Crippen molar-refractivity contribution in [2.24, 2.45) is 5.10 Å². The molecule has 3 aromatic rings. The van der Waals surface area contributed by atoms with Crippen LogP contribution < -0.4 is 19.2 Å². The van der Waals surface area contributed by atoms with Crippen molar-refractivity contribution < 1.29 is 22.7 Å². The number of hydrogen-bond acceptors (Lipinski definition) is 6. The first-order chi connectivity index (χ1) is 16.6. The van der Waals surface area contributed by atoms with Gasteiger partial charge in [-0.3, -0.25) is 9.10 Å². The highest BCUT2D eigenvalue weighted by molar-refractivity contribution is 9.10. The van der Waals surface area contributed by atoms with Gasteiger partial charge < -0.3 is 9.47 Å². The number of hydrogen-bond donors (Lipinski definition) is 1. The molecule has 10 heteroatoms. The first-order valence-electron chi connectivity index (χ1n) is 10.7. The number of hydrazone groups is 1. The molecule has 1 amide bonds. The topological polar surface area (TPSA) is 97.3 Å². The third-order valence-corrected chi connectivity index (χ3v) is 7.86. The molecule has 0 radical (unpaired) electrons. The summed E-state index contributed by atoms with van der Waals surface area (Å²) in [5.41, 5.74) is 6.17. The highest BCUT2D eigenvalue weighted by Crippen LogP contribution is 2.36. The molecule has 3 aromatic carbocycles. The van der Waals surface area contributed by atoms with E-state index in [0.29, 0.717) is 27.2 Å². The molecule has 0 aromatic heterocycles. The summed E-state index contributed by atoms with van der Waals surface area (Å²) in [6, 6.07) is 15.4. The van der Waals surface area contributed by atoms with E-state index in [-0.39, 0.29) is 11.7 Å². The fraction of sp³-hybridized carbons (Fsp3) is 0.200. The van der Waals surface area contributed by atoms with Gasteiger partial charge in [-0.1, -0.05) is 35.4 Å². The Balaban J connectivity index is 1.58. The maximum Gasteiger partial charge on any atom is 0.264 e. The molecule has 1 heterocycles. The van der Waals surface area contributed by atoms with E-state index in [9.17, 15) is 13.2 Å². The molecule has 1 aliphatic rings. The van der Waals surface area contributed by atoms with Crippen molar-refractivity contribution in [2.45, 2.75) is 25.7 Å². The maximum absolute atomic E-state index is 13.5. The monoisotopic (exact) mass is 557 g/mol. The number of sulfonamides is 1. The lowest BCUT2D eigenvalue weighted by Crippen LogP contribution is -2.40. The lowest BCUT2D eigenvalue weighted by Gasteiger charge is -2.25. The zero-order valence-corrected chi connectivity index (χ0v) is 21.8. The number of fused-ring (bicyclic) bond motifs is 1. The van der Waals surface area contributed by atoms with Crippen molar-refractivity contribution in [2.75, 3.05) is 17.6 Å². The molecule has 0 spiro atoms. The molecule has 0 unspecified atom stereocenters. The summed E-state index contributed by atoms with van der Waals surface area (Å²) in [4.78, 5) is 12.9. The molecule has 0 fully saturated rings. The van der Waals surface area contributed by atoms with Gasteiger partial charge >= 0.3 is 0 Å². The van der Waals surface area contributed by atoms with E-state index in [1.165, 1.54) is 18.3 Å². The van der Waals surface area contributed by atoms with Gasteiger partial charge in [0.2, 0.25) is 6.79 Å². The predicted molar refractivity (Wildman–Crippen MR) is 138 cm³/mol. The van der Waals surface area contributed by atoms with Gasteiger partial charge in [0.15, 0.2) is 11.5 Å². The van der Waals surface area contributed by atoms with Crippen molar-refractivity contribution in [3.63, 3.8) is 0 Å². The number of amides is 1. The lowest BCUT2D eigenvalue weighted by atomic mass is 10.1. The van der Waals surface area contributed by atoms with Crippen LogP contribution in [0.25, 0.3) is 0 Å². The van der Waals surface area contributed by atoms with Crippen LogP contribution in [0.5, 0.6) is 11.5 Å². The minimum absolute atomic E-state index is 0.101. The number of nitrogens with one attached hydrogen (secondary N) is 1. The van der Waals surface area contributed by atoms with Crippen LogP contribution in [0.1, 0.15) is 22.3 Å². The SMILES string of the molecule is Cc1ccc(S(=O)(=O)N(CC(=O)N/N=C\c2cc3c(cc2Br)OCO3)c2ccc(C)cc2C)cc1. The van der Waals surface area contributed by atoms with Crippen LogP contribution >= 0.6 is 15.9 Å². The molecule has 1 aliphatic heterocycles. The van der Waals surface area contributed by atoms with Crippen LogP contribution in [0, 0.1) is 20.8 Å². The Morgan fingerprint density at radius 1 is 1.03 bits per heavy atom. The largest absolute Gasteiger partial charge is 0.454 e. The summed E-state index contributed by atoms with van der Waals surface area (Å²) >= 11 is 3.43. The van der Waals surface area contributed by atoms with E-state index in [4.69, 9.17) is 9.47 Å². The van der Waals surface area contributed by atoms with Crippen molar-refractivity contribution in [3.05, 3.63) is 81.3 Å². The van der Waals surface area contributed by atoms with Crippen molar-refractivity contribution >= 4 is 43.8 Å². The zero-order valence-electron chi connectivity index (χ0n) is 19.4. The number of halogens is 1. The molecule has 35 heavy (non-hydrogen) atoms. The molecule has 4 rings (SSSR count). The van der Waals surface area contributed by atoms with E-state index in [0.717, 1.165) is 21.0 Å². The van der Waals surface area contributed by atoms with Crippen molar-refractivity contribution in [1.82, 2.24) is 5.43 Å². The number of anilines is 1. The zero-order chi connectivity index (χ0) is 25.2. The molecule has 0 atom stereocenters. The summed E-state index contributed by atoms with van der Waals surface area (Å²) < 4.78 is 39.6. The first kappa shape index (κ1) is 24.7. The van der Waals surface area contributed by atoms with Crippen LogP contribution in [0.3, 0.4) is 0 Å². The Morgan fingerprint density at radius 2 is 1.69 bits per heavy atom. The number of ether oxygens (including phenoxy) is 2. The quantitative estimate of drug-likeness (QED) is 0.342. The second-order valence-corrected chi connectivity index (χ2v) is 10.9. The minimum atomic E-state index is -4.01. The van der Waals surface area contributed by atoms with Crippen molar-refractivity contribution in [1.29, 1.82) is 0 Å². The third-order valence-electron chi connectivity index (χ3n) is 5.40. The highest BCUT2D eigenvalue weighted by Gasteiger charge is 2.28. The average Bonchev–Trinajstić information content (AvgIpc) is 3.25. The predicted octanol–water partition coefficient (Wildman–Crippen LogP) is 4.45. The molecule has 182 valence electrons. The molecular weight excluding hydrogens is 534 g/mol. The second-order valence-electron chi connectivity index (χ2n) is 8.13. The minimum Gasteiger partial charge on any atom is -0.454 e. The molecule has 8 nitrogen and oxygen atoms in total. The fourth-order valence-electron chi connectivity index (χ4n) is 3.59. The fourth-order valence-corrected chi connectivity index (χ4v) is 5.50. The van der Waals surface area contributed by atoms with Crippen LogP contribution in [-0.4, -0.2) is 33.9 Å². The second kappa shape index (κ2) is 10.1. The Bertz CT molecular complexity index is 1410. The van der Waals surface area contributed by atoms with E-state index >= 15 is 0 Å². The number of carbonyl (C=O) groups is 1. The summed E-state index contributed by atoms with van der Waals surface area (Å²) in [6.07, 6.45) is 1.44. The molecule has 0 saturated heterocycles. The van der Waals surface area contributed by atoms with Gasteiger partial charge in [-0.05, 0) is 72.6 Å². The van der Waals surface area contributed by atoms with E-state index in [1.807, 2.05) is 32.9 Å². The molecule has 1 N–H and O–H groups in total. The van der Waals surface area contributed by atoms with E-state index in [2.05, 4.69) is 26.5 Å². The molecule has 0 saturated carbocycles. The maximum atomic E-state index is 13.5. The molecule has 0 aliphatic carbocycles. The van der Waals surface area contributed by atoms with Crippen molar-refractivity contribution in [3.8, 4) is 11.5 Å². The van der Waals surface area contributed by atoms with Crippen LogP contribution in [0.2, 0.25) is 0 Å². The Kier molecular flexibility index (Phi) is 7.13. The van der Waals surface area contributed by atoms with Gasteiger partial charge in [-0.25, -0.2) is 13.8 Å². The molecule has 0 bridgehead atoms. The van der Waals surface area contributed by atoms with Gasteiger partial charge in [0, 0.05) is 10.0 Å². The molecular formula is C25H24BrN3O5S. The number of nitrogens with zero attached hydrogens (tertiary/aromatic N) is 2. The number of rotatable bonds is 7. The third kappa shape index (κ3) is 5.49. The van der Waals surface area contributed by atoms with Gasteiger partial charge in [0.1, 0.15) is 6.54 Å². The number of carbonyl (C=O) groups excluding carboxylic acids is 1. The number of benzene rings is 3. The van der Waals surface area contributed by atoms with Crippen LogP contribution in [-0.2, 0) is 14.8 Å². The van der Waals surface area contributed by atoms with E-state index < -0.39 is 22.5 Å². The standard InChI is InChI=1S/C25H24BrN3O5S/c1-16-4-7-20(8-5-16)35(31,32)29(22-9-6-17(2)10-18(22)3)14-25(30)28-27-13-19-11-23-24(12-21(19)26)34-15-33-23/h4-13H,14-15H2,1-3H3,(H,28,30)/b27-13-. The van der Waals surface area contributed by atoms with Gasteiger partial charge in [-0.2, -0.15) is 5.10 Å². The highest BCUT2D eigenvalue weighted by atomic mass is 79.9.